The van der Waals surface area contributed by atoms with Gasteiger partial charge in [0.25, 0.3) is 0 Å². The predicted octanol–water partition coefficient (Wildman–Crippen LogP) is 2.01. The first kappa shape index (κ1) is 18.5. The van der Waals surface area contributed by atoms with Crippen LogP contribution in [-0.2, 0) is 0 Å². The summed E-state index contributed by atoms with van der Waals surface area (Å²) in [6.45, 7) is 3.53. The van der Waals surface area contributed by atoms with E-state index in [0.717, 1.165) is 4.48 Å². The van der Waals surface area contributed by atoms with Crippen LogP contribution in [0.15, 0.2) is 30.3 Å². The van der Waals surface area contributed by atoms with Crippen molar-refractivity contribution in [2.45, 2.75) is 51.9 Å². The molecule has 1 aromatic carbocycles. The van der Waals surface area contributed by atoms with Crippen molar-refractivity contribution >= 4 is 5.69 Å². The topological polar surface area (TPSA) is 0 Å². The minimum absolute atomic E-state index is 0. The molecular weight excluding hydrogens is 254 g/mol. The fourth-order valence-electron chi connectivity index (χ4n) is 2.42. The fourth-order valence-corrected chi connectivity index (χ4v) is 2.42. The SMILES string of the molecule is CCCCCCCCC[N+](C)(C)c1ccccc1.[Cl-]. The number of unbranched alkanes of at least 4 members (excludes halogenated alkanes) is 6. The van der Waals surface area contributed by atoms with E-state index in [0.29, 0.717) is 0 Å². The van der Waals surface area contributed by atoms with E-state index in [1.54, 1.807) is 0 Å². The summed E-state index contributed by atoms with van der Waals surface area (Å²) >= 11 is 0. The number of quaternary nitrogens is 1. The molecule has 0 amide bonds. The van der Waals surface area contributed by atoms with Crippen LogP contribution in [0.3, 0.4) is 0 Å². The van der Waals surface area contributed by atoms with Crippen LogP contribution in [0, 0.1) is 0 Å². The summed E-state index contributed by atoms with van der Waals surface area (Å²) in [6.07, 6.45) is 9.74. The molecule has 0 unspecified atom stereocenters. The van der Waals surface area contributed by atoms with Crippen LogP contribution in [0.5, 0.6) is 0 Å². The standard InChI is InChI=1S/C17H30N.ClH/c1-4-5-6-7-8-9-13-16-18(2,3)17-14-11-10-12-15-17;/h10-12,14-15H,4-9,13,16H2,1-3H3;1H/q+1;/p-1. The van der Waals surface area contributed by atoms with Crippen molar-refractivity contribution in [3.05, 3.63) is 30.3 Å². The molecule has 0 aliphatic carbocycles. The number of nitrogens with zero attached hydrogens (tertiary/aromatic N) is 1. The summed E-state index contributed by atoms with van der Waals surface area (Å²) < 4.78 is 1.01. The van der Waals surface area contributed by atoms with Gasteiger partial charge in [-0.2, -0.15) is 0 Å². The first-order chi connectivity index (χ1) is 8.67. The molecule has 2 heteroatoms. The van der Waals surface area contributed by atoms with Crippen LogP contribution in [-0.4, -0.2) is 20.6 Å². The number of halogens is 1. The average molecular weight is 284 g/mol. The minimum Gasteiger partial charge on any atom is -1.00 e. The summed E-state index contributed by atoms with van der Waals surface area (Å²) in [6, 6.07) is 10.8. The maximum Gasteiger partial charge on any atom is 0.132 e. The third-order valence-corrected chi connectivity index (χ3v) is 3.78. The normalized spacial score (nSPS) is 11.1. The largest absolute Gasteiger partial charge is 1.00 e. The number of para-hydroxylation sites is 1. The highest BCUT2D eigenvalue weighted by Crippen LogP contribution is 2.19. The lowest BCUT2D eigenvalue weighted by Crippen LogP contribution is -3.00. The average Bonchev–Trinajstić information content (AvgIpc) is 2.39. The summed E-state index contributed by atoms with van der Waals surface area (Å²) in [5, 5.41) is 0. The van der Waals surface area contributed by atoms with Crippen LogP contribution in [0.25, 0.3) is 0 Å². The molecule has 0 radical (unpaired) electrons. The summed E-state index contributed by atoms with van der Waals surface area (Å²) in [5.41, 5.74) is 1.42. The maximum atomic E-state index is 2.31. The van der Waals surface area contributed by atoms with E-state index in [9.17, 15) is 0 Å². The molecule has 0 bridgehead atoms. The van der Waals surface area contributed by atoms with Gasteiger partial charge in [-0.3, -0.25) is 4.48 Å². The zero-order valence-corrected chi connectivity index (χ0v) is 13.6. The van der Waals surface area contributed by atoms with Gasteiger partial charge in [-0.15, -0.1) is 0 Å². The van der Waals surface area contributed by atoms with Gasteiger partial charge in [0.15, 0.2) is 0 Å². The lowest BCUT2D eigenvalue weighted by molar-refractivity contribution is -0.00000406. The molecule has 19 heavy (non-hydrogen) atoms. The number of benzene rings is 1. The van der Waals surface area contributed by atoms with Gasteiger partial charge in [0.05, 0.1) is 20.6 Å². The second-order valence-corrected chi connectivity index (χ2v) is 5.87. The van der Waals surface area contributed by atoms with E-state index in [-0.39, 0.29) is 12.4 Å². The molecule has 0 spiro atoms. The molecule has 0 aliphatic rings. The van der Waals surface area contributed by atoms with Gasteiger partial charge in [0.2, 0.25) is 0 Å². The van der Waals surface area contributed by atoms with Crippen molar-refractivity contribution in [1.29, 1.82) is 0 Å². The van der Waals surface area contributed by atoms with Gasteiger partial charge < -0.3 is 12.4 Å². The Morgan fingerprint density at radius 1 is 0.789 bits per heavy atom. The summed E-state index contributed by atoms with van der Waals surface area (Å²) in [4.78, 5) is 0. The van der Waals surface area contributed by atoms with Gasteiger partial charge >= 0.3 is 0 Å². The molecule has 0 heterocycles. The number of hydrogen-bond acceptors (Lipinski definition) is 0. The van der Waals surface area contributed by atoms with E-state index in [1.165, 1.54) is 57.2 Å². The molecule has 110 valence electrons. The predicted molar refractivity (Wildman–Crippen MR) is 82.9 cm³/mol. The lowest BCUT2D eigenvalue weighted by atomic mass is 10.1. The van der Waals surface area contributed by atoms with Gasteiger partial charge in [-0.05, 0) is 25.0 Å². The van der Waals surface area contributed by atoms with Crippen molar-refractivity contribution in [3.63, 3.8) is 0 Å². The molecule has 0 saturated heterocycles. The van der Waals surface area contributed by atoms with Gasteiger partial charge in [0.1, 0.15) is 5.69 Å². The highest BCUT2D eigenvalue weighted by Gasteiger charge is 2.17. The van der Waals surface area contributed by atoms with Crippen molar-refractivity contribution in [1.82, 2.24) is 4.48 Å². The maximum absolute atomic E-state index is 2.31. The highest BCUT2D eigenvalue weighted by atomic mass is 35.5. The van der Waals surface area contributed by atoms with Crippen molar-refractivity contribution in [2.24, 2.45) is 0 Å². The minimum atomic E-state index is 0. The van der Waals surface area contributed by atoms with Crippen LogP contribution in [0.1, 0.15) is 51.9 Å². The van der Waals surface area contributed by atoms with E-state index >= 15 is 0 Å². The van der Waals surface area contributed by atoms with Crippen LogP contribution in [0.2, 0.25) is 0 Å². The van der Waals surface area contributed by atoms with E-state index < -0.39 is 0 Å². The third-order valence-electron chi connectivity index (χ3n) is 3.78. The molecule has 1 aromatic rings. The number of rotatable bonds is 9. The molecule has 0 fully saturated rings. The Morgan fingerprint density at radius 3 is 1.89 bits per heavy atom. The molecule has 0 saturated carbocycles. The highest BCUT2D eigenvalue weighted by molar-refractivity contribution is 5.40. The molecule has 1 rings (SSSR count). The van der Waals surface area contributed by atoms with Crippen LogP contribution < -0.4 is 16.9 Å². The van der Waals surface area contributed by atoms with E-state index in [1.807, 2.05) is 0 Å². The van der Waals surface area contributed by atoms with E-state index in [4.69, 9.17) is 0 Å². The lowest BCUT2D eigenvalue weighted by Gasteiger charge is -2.29. The van der Waals surface area contributed by atoms with E-state index in [2.05, 4.69) is 51.4 Å². The Balaban J connectivity index is 0.00000324. The summed E-state index contributed by atoms with van der Waals surface area (Å²) in [7, 11) is 4.62. The zero-order valence-electron chi connectivity index (χ0n) is 12.9. The van der Waals surface area contributed by atoms with Crippen molar-refractivity contribution in [2.75, 3.05) is 20.6 Å². The van der Waals surface area contributed by atoms with Crippen molar-refractivity contribution in [3.8, 4) is 0 Å². The van der Waals surface area contributed by atoms with Crippen LogP contribution in [0.4, 0.5) is 5.69 Å². The van der Waals surface area contributed by atoms with Crippen LogP contribution >= 0.6 is 0 Å². The van der Waals surface area contributed by atoms with Gasteiger partial charge in [0, 0.05) is 0 Å². The Labute approximate surface area is 126 Å². The molecule has 1 nitrogen and oxygen atoms in total. The molecule has 0 atom stereocenters. The van der Waals surface area contributed by atoms with Gasteiger partial charge in [-0.25, -0.2) is 0 Å². The monoisotopic (exact) mass is 283 g/mol. The third kappa shape index (κ3) is 7.59. The Morgan fingerprint density at radius 2 is 1.32 bits per heavy atom. The second-order valence-electron chi connectivity index (χ2n) is 5.87. The molecule has 0 aromatic heterocycles. The molecular formula is C17H30ClN. The Kier molecular flexibility index (Phi) is 9.99. The number of hydrogen-bond donors (Lipinski definition) is 0. The second kappa shape index (κ2) is 10.3. The smallest absolute Gasteiger partial charge is 0.132 e. The first-order valence-corrected chi connectivity index (χ1v) is 7.55. The van der Waals surface area contributed by atoms with Gasteiger partial charge in [-0.1, -0.05) is 57.2 Å². The molecule has 0 N–H and O–H groups in total. The quantitative estimate of drug-likeness (QED) is 0.480. The fraction of sp³-hybridized carbons (Fsp3) is 0.647. The zero-order chi connectivity index (χ0) is 13.3. The molecule has 0 aliphatic heterocycles. The first-order valence-electron chi connectivity index (χ1n) is 7.55. The Hall–Kier alpha value is -0.530. The van der Waals surface area contributed by atoms with Crippen molar-refractivity contribution < 1.29 is 12.4 Å². The Bertz CT molecular complexity index is 308. The summed E-state index contributed by atoms with van der Waals surface area (Å²) in [5.74, 6) is 0.